The molecule has 0 radical (unpaired) electrons. The van der Waals surface area contributed by atoms with Gasteiger partial charge in [-0.05, 0) is 6.07 Å². The predicted molar refractivity (Wildman–Crippen MR) is 57.5 cm³/mol. The molecule has 0 saturated heterocycles. The van der Waals surface area contributed by atoms with Gasteiger partial charge in [0.15, 0.2) is 0 Å². The molecule has 0 aliphatic heterocycles. The first-order valence-electron chi connectivity index (χ1n) is 3.93. The quantitative estimate of drug-likeness (QED) is 0.888. The lowest BCUT2D eigenvalue weighted by atomic mass is 10.3. The molecule has 0 unspecified atom stereocenters. The van der Waals surface area contributed by atoms with Crippen molar-refractivity contribution in [3.05, 3.63) is 44.8 Å². The molecule has 80 valence electrons. The van der Waals surface area contributed by atoms with Gasteiger partial charge in [0.25, 0.3) is 5.56 Å². The molecule has 0 aliphatic rings. The van der Waals surface area contributed by atoms with E-state index in [1.165, 1.54) is 22.9 Å². The van der Waals surface area contributed by atoms with E-state index in [0.717, 1.165) is 5.54 Å². The highest BCUT2D eigenvalue weighted by Gasteiger charge is 2.05. The summed E-state index contributed by atoms with van der Waals surface area (Å²) in [6.07, 6.45) is 1.22. The van der Waals surface area contributed by atoms with E-state index in [1.807, 2.05) is 0 Å². The van der Waals surface area contributed by atoms with Gasteiger partial charge >= 0.3 is 5.97 Å². The maximum Gasteiger partial charge on any atom is 0.337 e. The summed E-state index contributed by atoms with van der Waals surface area (Å²) in [4.78, 5) is 21.9. The molecule has 0 saturated carbocycles. The summed E-state index contributed by atoms with van der Waals surface area (Å²) >= 11 is 11.0. The molecular weight excluding hydrogens is 241 g/mol. The third-order valence-electron chi connectivity index (χ3n) is 1.67. The van der Waals surface area contributed by atoms with E-state index in [-0.39, 0.29) is 22.7 Å². The van der Waals surface area contributed by atoms with Crippen molar-refractivity contribution in [1.29, 1.82) is 0 Å². The lowest BCUT2D eigenvalue weighted by molar-refractivity contribution is 0.0696. The highest BCUT2D eigenvalue weighted by atomic mass is 35.5. The summed E-state index contributed by atoms with van der Waals surface area (Å²) in [6, 6.07) is 2.40. The van der Waals surface area contributed by atoms with Crippen molar-refractivity contribution < 1.29 is 9.90 Å². The van der Waals surface area contributed by atoms with Gasteiger partial charge in [0.2, 0.25) is 0 Å². The van der Waals surface area contributed by atoms with Gasteiger partial charge in [-0.15, -0.1) is 0 Å². The topological polar surface area (TPSA) is 59.3 Å². The zero-order chi connectivity index (χ0) is 11.4. The number of hydrogen-bond donors (Lipinski definition) is 1. The van der Waals surface area contributed by atoms with E-state index in [2.05, 4.69) is 0 Å². The molecule has 4 nitrogen and oxygen atoms in total. The third kappa shape index (κ3) is 3.11. The first kappa shape index (κ1) is 11.8. The Hall–Kier alpha value is -1.26. The monoisotopic (exact) mass is 247 g/mol. The number of carboxylic acids is 1. The van der Waals surface area contributed by atoms with Crippen molar-refractivity contribution >= 4 is 29.2 Å². The van der Waals surface area contributed by atoms with Crippen LogP contribution in [-0.2, 0) is 6.54 Å². The summed E-state index contributed by atoms with van der Waals surface area (Å²) in [5, 5.41) is 8.95. The lowest BCUT2D eigenvalue weighted by Crippen LogP contribution is -2.20. The second-order valence-corrected chi connectivity index (χ2v) is 3.45. The van der Waals surface area contributed by atoms with Crippen LogP contribution in [0.1, 0.15) is 10.4 Å². The Morgan fingerprint density at radius 3 is 2.73 bits per heavy atom. The standard InChI is InChI=1S/C9H7Cl2NO3/c10-3-7(11)5-12-4-6(9(14)15)1-2-8(12)13/h1-4H,5H2,(H,14,15). The second-order valence-electron chi connectivity index (χ2n) is 2.75. The van der Waals surface area contributed by atoms with Gasteiger partial charge in [-0.1, -0.05) is 23.2 Å². The molecule has 0 fully saturated rings. The van der Waals surface area contributed by atoms with Gasteiger partial charge in [-0.3, -0.25) is 4.79 Å². The minimum atomic E-state index is -1.10. The van der Waals surface area contributed by atoms with Crippen molar-refractivity contribution in [2.45, 2.75) is 6.54 Å². The van der Waals surface area contributed by atoms with Gasteiger partial charge < -0.3 is 9.67 Å². The normalized spacial score (nSPS) is 11.5. The maximum atomic E-state index is 11.3. The van der Waals surface area contributed by atoms with Gasteiger partial charge in [-0.25, -0.2) is 4.79 Å². The summed E-state index contributed by atoms with van der Waals surface area (Å²) in [5.74, 6) is -1.10. The van der Waals surface area contributed by atoms with Crippen molar-refractivity contribution in [2.24, 2.45) is 0 Å². The number of nitrogens with zero attached hydrogens (tertiary/aromatic N) is 1. The molecule has 6 heteroatoms. The molecular formula is C9H7Cl2NO3. The van der Waals surface area contributed by atoms with Gasteiger partial charge in [-0.2, -0.15) is 0 Å². The molecule has 0 spiro atoms. The van der Waals surface area contributed by atoms with Gasteiger partial charge in [0.05, 0.1) is 12.1 Å². The SMILES string of the molecule is O=C(O)c1ccc(=O)n(CC(Cl)=CCl)c1. The van der Waals surface area contributed by atoms with Crippen LogP contribution in [0.5, 0.6) is 0 Å². The number of rotatable bonds is 3. The van der Waals surface area contributed by atoms with E-state index in [9.17, 15) is 9.59 Å². The van der Waals surface area contributed by atoms with Crippen LogP contribution in [0.2, 0.25) is 0 Å². The van der Waals surface area contributed by atoms with Crippen LogP contribution in [0.15, 0.2) is 33.7 Å². The van der Waals surface area contributed by atoms with E-state index in [0.29, 0.717) is 0 Å². The summed E-state index contributed by atoms with van der Waals surface area (Å²) in [7, 11) is 0. The molecule has 1 aromatic heterocycles. The van der Waals surface area contributed by atoms with Gasteiger partial charge in [0.1, 0.15) is 0 Å². The number of aromatic carboxylic acids is 1. The molecule has 0 atom stereocenters. The highest BCUT2D eigenvalue weighted by Crippen LogP contribution is 2.06. The van der Waals surface area contributed by atoms with Crippen LogP contribution in [0.25, 0.3) is 0 Å². The average molecular weight is 248 g/mol. The van der Waals surface area contributed by atoms with Crippen LogP contribution in [0, 0.1) is 0 Å². The molecule has 15 heavy (non-hydrogen) atoms. The van der Waals surface area contributed by atoms with Crippen LogP contribution in [0.4, 0.5) is 0 Å². The van der Waals surface area contributed by atoms with E-state index >= 15 is 0 Å². The molecule has 1 rings (SSSR count). The van der Waals surface area contributed by atoms with Crippen molar-refractivity contribution in [3.8, 4) is 0 Å². The largest absolute Gasteiger partial charge is 0.478 e. The highest BCUT2D eigenvalue weighted by molar-refractivity contribution is 6.36. The smallest absolute Gasteiger partial charge is 0.337 e. The fourth-order valence-corrected chi connectivity index (χ4v) is 1.18. The molecule has 1 N–H and O–H groups in total. The first-order chi connectivity index (χ1) is 7.04. The van der Waals surface area contributed by atoms with Crippen LogP contribution >= 0.6 is 23.2 Å². The number of halogens is 2. The average Bonchev–Trinajstić information content (AvgIpc) is 2.20. The number of pyridine rings is 1. The number of carbonyl (C=O) groups is 1. The van der Waals surface area contributed by atoms with Gasteiger partial charge in [0, 0.05) is 22.8 Å². The molecule has 1 heterocycles. The molecule has 0 bridgehead atoms. The molecule has 1 aromatic rings. The minimum Gasteiger partial charge on any atom is -0.478 e. The Labute approximate surface area is 95.4 Å². The number of allylic oxidation sites excluding steroid dienone is 1. The Bertz CT molecular complexity index is 465. The minimum absolute atomic E-state index is 0.0219. The zero-order valence-corrected chi connectivity index (χ0v) is 9.00. The van der Waals surface area contributed by atoms with Crippen LogP contribution in [-0.4, -0.2) is 15.6 Å². The summed E-state index contributed by atoms with van der Waals surface area (Å²) < 4.78 is 1.17. The van der Waals surface area contributed by atoms with E-state index < -0.39 is 5.97 Å². The van der Waals surface area contributed by atoms with Crippen molar-refractivity contribution in [3.63, 3.8) is 0 Å². The Morgan fingerprint density at radius 1 is 1.53 bits per heavy atom. The molecule has 0 amide bonds. The first-order valence-corrected chi connectivity index (χ1v) is 4.74. The lowest BCUT2D eigenvalue weighted by Gasteiger charge is -2.04. The predicted octanol–water partition coefficient (Wildman–Crippen LogP) is 1.87. The Kier molecular flexibility index (Phi) is 3.94. The maximum absolute atomic E-state index is 11.3. The Balaban J connectivity index is 3.11. The van der Waals surface area contributed by atoms with Crippen molar-refractivity contribution in [2.75, 3.05) is 0 Å². The van der Waals surface area contributed by atoms with E-state index in [1.54, 1.807) is 0 Å². The fourth-order valence-electron chi connectivity index (χ4n) is 0.979. The van der Waals surface area contributed by atoms with Crippen molar-refractivity contribution in [1.82, 2.24) is 4.57 Å². The van der Waals surface area contributed by atoms with Crippen LogP contribution in [0.3, 0.4) is 0 Å². The summed E-state index contributed by atoms with van der Waals surface area (Å²) in [5.41, 5.74) is 0.812. The third-order valence-corrected chi connectivity index (χ3v) is 2.27. The number of carboxylic acid groups (broad SMARTS) is 1. The Morgan fingerprint density at radius 2 is 2.20 bits per heavy atom. The second kappa shape index (κ2) is 5.00. The summed E-state index contributed by atoms with van der Waals surface area (Å²) in [6.45, 7) is 0.0605. The zero-order valence-electron chi connectivity index (χ0n) is 7.48. The fraction of sp³-hybridized carbons (Fsp3) is 0.111. The van der Waals surface area contributed by atoms with Crippen LogP contribution < -0.4 is 5.56 Å². The molecule has 0 aromatic carbocycles. The number of hydrogen-bond acceptors (Lipinski definition) is 2. The number of aromatic nitrogens is 1. The molecule has 0 aliphatic carbocycles. The van der Waals surface area contributed by atoms with E-state index in [4.69, 9.17) is 28.3 Å².